The first-order chi connectivity index (χ1) is 7.41. The van der Waals surface area contributed by atoms with Crippen molar-refractivity contribution in [2.75, 3.05) is 18.5 Å². The molecule has 1 nitrogen and oxygen atoms in total. The quantitative estimate of drug-likeness (QED) is 0.720. The van der Waals surface area contributed by atoms with Crippen LogP contribution in [0.2, 0.25) is 0 Å². The van der Waals surface area contributed by atoms with Gasteiger partial charge in [-0.1, -0.05) is 26.0 Å². The number of benzene rings is 1. The third-order valence-corrected chi connectivity index (χ3v) is 4.27. The van der Waals surface area contributed by atoms with Crippen LogP contribution in [0.1, 0.15) is 39.2 Å². The van der Waals surface area contributed by atoms with Crippen LogP contribution < -0.4 is 4.90 Å². The number of nitrogens with zero attached hydrogens (tertiary/aromatic N) is 1. The molecule has 0 fully saturated rings. The molecule has 0 aliphatic carbocycles. The second-order valence-electron chi connectivity index (χ2n) is 5.57. The molecule has 0 unspecified atom stereocenters. The van der Waals surface area contributed by atoms with Gasteiger partial charge in [0.2, 0.25) is 0 Å². The van der Waals surface area contributed by atoms with Crippen molar-refractivity contribution in [3.63, 3.8) is 0 Å². The molecule has 1 aliphatic rings. The van der Waals surface area contributed by atoms with Gasteiger partial charge in [0.25, 0.3) is 0 Å². The summed E-state index contributed by atoms with van der Waals surface area (Å²) in [5, 5.41) is 0. The molecule has 0 saturated heterocycles. The molecule has 0 amide bonds. The molecule has 1 aromatic rings. The van der Waals surface area contributed by atoms with Crippen LogP contribution in [0.5, 0.6) is 0 Å². The Morgan fingerprint density at radius 3 is 2.62 bits per heavy atom. The lowest BCUT2D eigenvalue weighted by atomic mass is 9.99. The van der Waals surface area contributed by atoms with Crippen molar-refractivity contribution in [1.82, 2.24) is 0 Å². The minimum atomic E-state index is 0.317. The van der Waals surface area contributed by atoms with E-state index in [9.17, 15) is 0 Å². The second-order valence-corrected chi connectivity index (χ2v) is 7.32. The third-order valence-electron chi connectivity index (χ3n) is 3.04. The van der Waals surface area contributed by atoms with Gasteiger partial charge in [-0.2, -0.15) is 0 Å². The Hall–Kier alpha value is -0.630. The van der Waals surface area contributed by atoms with Gasteiger partial charge in [-0.05, 0) is 31.4 Å². The molecular formula is C14H21NS. The van der Waals surface area contributed by atoms with E-state index in [0.717, 1.165) is 6.54 Å². The number of para-hydroxylation sites is 1. The summed E-state index contributed by atoms with van der Waals surface area (Å²) in [6.07, 6.45) is 0. The van der Waals surface area contributed by atoms with E-state index in [1.54, 1.807) is 0 Å². The normalized spacial score (nSPS) is 18.8. The van der Waals surface area contributed by atoms with Crippen LogP contribution in [0.25, 0.3) is 0 Å². The van der Waals surface area contributed by atoms with Gasteiger partial charge in [-0.25, -0.2) is 0 Å². The van der Waals surface area contributed by atoms with E-state index in [4.69, 9.17) is 0 Å². The zero-order valence-electron chi connectivity index (χ0n) is 10.9. The molecule has 2 heteroatoms. The molecule has 0 saturated carbocycles. The van der Waals surface area contributed by atoms with E-state index >= 15 is 0 Å². The second kappa shape index (κ2) is 3.99. The average molecular weight is 235 g/mol. The molecule has 2 rings (SSSR count). The van der Waals surface area contributed by atoms with Crippen molar-refractivity contribution >= 4 is 17.4 Å². The van der Waals surface area contributed by atoms with Crippen molar-refractivity contribution in [2.45, 2.75) is 43.3 Å². The first kappa shape index (κ1) is 11.8. The highest BCUT2D eigenvalue weighted by molar-refractivity contribution is 8.00. The summed E-state index contributed by atoms with van der Waals surface area (Å²) < 4.78 is 0.317. The van der Waals surface area contributed by atoms with E-state index in [1.165, 1.54) is 16.1 Å². The van der Waals surface area contributed by atoms with Gasteiger partial charge in [0.15, 0.2) is 0 Å². The summed E-state index contributed by atoms with van der Waals surface area (Å²) >= 11 is 2.01. The first-order valence-electron chi connectivity index (χ1n) is 5.94. The summed E-state index contributed by atoms with van der Waals surface area (Å²) in [5.74, 6) is 0.596. The van der Waals surface area contributed by atoms with E-state index < -0.39 is 0 Å². The van der Waals surface area contributed by atoms with Crippen molar-refractivity contribution < 1.29 is 0 Å². The summed E-state index contributed by atoms with van der Waals surface area (Å²) in [6, 6.07) is 6.71. The van der Waals surface area contributed by atoms with Crippen LogP contribution in [-0.4, -0.2) is 18.3 Å². The van der Waals surface area contributed by atoms with Crippen LogP contribution in [-0.2, 0) is 0 Å². The first-order valence-corrected chi connectivity index (χ1v) is 6.75. The molecular weight excluding hydrogens is 214 g/mol. The Bertz CT molecular complexity index is 396. The fourth-order valence-electron chi connectivity index (χ4n) is 2.48. The molecule has 1 aromatic carbocycles. The highest BCUT2D eigenvalue weighted by Gasteiger charge is 2.30. The Kier molecular flexibility index (Phi) is 2.95. The van der Waals surface area contributed by atoms with Gasteiger partial charge < -0.3 is 4.90 Å². The van der Waals surface area contributed by atoms with Crippen molar-refractivity contribution in [1.29, 1.82) is 0 Å². The average Bonchev–Trinajstić information content (AvgIpc) is 2.14. The molecule has 0 atom stereocenters. The van der Waals surface area contributed by atoms with E-state index in [0.29, 0.717) is 10.7 Å². The number of anilines is 1. The SMILES string of the molecule is CC(C)c1cccc2c1N(C)CC(C)(C)S2. The maximum Gasteiger partial charge on any atom is 0.0537 e. The molecule has 1 heterocycles. The van der Waals surface area contributed by atoms with E-state index in [-0.39, 0.29) is 0 Å². The number of fused-ring (bicyclic) bond motifs is 1. The fourth-order valence-corrected chi connectivity index (χ4v) is 3.85. The lowest BCUT2D eigenvalue weighted by Crippen LogP contribution is -2.38. The molecule has 16 heavy (non-hydrogen) atoms. The highest BCUT2D eigenvalue weighted by Crippen LogP contribution is 2.46. The Labute approximate surface area is 103 Å². The molecule has 0 spiro atoms. The highest BCUT2D eigenvalue weighted by atomic mass is 32.2. The molecule has 0 N–H and O–H groups in total. The van der Waals surface area contributed by atoms with Gasteiger partial charge >= 0.3 is 0 Å². The van der Waals surface area contributed by atoms with Gasteiger partial charge in [0.05, 0.1) is 5.69 Å². The number of hydrogen-bond donors (Lipinski definition) is 0. The minimum Gasteiger partial charge on any atom is -0.372 e. The topological polar surface area (TPSA) is 3.24 Å². The Morgan fingerprint density at radius 2 is 2.00 bits per heavy atom. The minimum absolute atomic E-state index is 0.317. The van der Waals surface area contributed by atoms with Crippen molar-refractivity contribution in [2.24, 2.45) is 0 Å². The summed E-state index contributed by atoms with van der Waals surface area (Å²) in [5.41, 5.74) is 2.92. The van der Waals surface area contributed by atoms with Crippen LogP contribution in [0.4, 0.5) is 5.69 Å². The smallest absolute Gasteiger partial charge is 0.0537 e. The van der Waals surface area contributed by atoms with Gasteiger partial charge in [0.1, 0.15) is 0 Å². The summed E-state index contributed by atoms with van der Waals surface area (Å²) in [7, 11) is 2.21. The van der Waals surface area contributed by atoms with Crippen LogP contribution in [0.3, 0.4) is 0 Å². The van der Waals surface area contributed by atoms with Gasteiger partial charge in [-0.3, -0.25) is 0 Å². The van der Waals surface area contributed by atoms with Crippen LogP contribution in [0, 0.1) is 0 Å². The number of thioether (sulfide) groups is 1. The lowest BCUT2D eigenvalue weighted by molar-refractivity contribution is 0.670. The molecule has 88 valence electrons. The summed E-state index contributed by atoms with van der Waals surface area (Å²) in [6.45, 7) is 10.3. The van der Waals surface area contributed by atoms with Crippen LogP contribution >= 0.6 is 11.8 Å². The maximum atomic E-state index is 2.42. The molecule has 0 aromatic heterocycles. The van der Waals surface area contributed by atoms with E-state index in [1.807, 2.05) is 11.8 Å². The van der Waals surface area contributed by atoms with Gasteiger partial charge in [0, 0.05) is 23.2 Å². The Balaban J connectivity index is 2.51. The van der Waals surface area contributed by atoms with Crippen molar-refractivity contribution in [3.05, 3.63) is 23.8 Å². The standard InChI is InChI=1S/C14H21NS/c1-10(2)11-7-6-8-12-13(11)15(5)9-14(3,4)16-12/h6-8,10H,9H2,1-5H3. The molecule has 0 bridgehead atoms. The zero-order chi connectivity index (χ0) is 11.9. The lowest BCUT2D eigenvalue weighted by Gasteiger charge is -2.39. The zero-order valence-corrected chi connectivity index (χ0v) is 11.7. The van der Waals surface area contributed by atoms with E-state index in [2.05, 4.69) is 57.8 Å². The molecule has 0 radical (unpaired) electrons. The number of rotatable bonds is 1. The van der Waals surface area contributed by atoms with Crippen molar-refractivity contribution in [3.8, 4) is 0 Å². The van der Waals surface area contributed by atoms with Crippen LogP contribution in [0.15, 0.2) is 23.1 Å². The predicted molar refractivity (Wildman–Crippen MR) is 73.7 cm³/mol. The largest absolute Gasteiger partial charge is 0.372 e. The monoisotopic (exact) mass is 235 g/mol. The third kappa shape index (κ3) is 2.08. The molecule has 1 aliphatic heterocycles. The predicted octanol–water partition coefficient (Wildman–Crippen LogP) is 4.13. The maximum absolute atomic E-state index is 2.42. The Morgan fingerprint density at radius 1 is 1.31 bits per heavy atom. The number of hydrogen-bond acceptors (Lipinski definition) is 2. The fraction of sp³-hybridized carbons (Fsp3) is 0.571. The van der Waals surface area contributed by atoms with Gasteiger partial charge in [-0.15, -0.1) is 11.8 Å². The summed E-state index contributed by atoms with van der Waals surface area (Å²) in [4.78, 5) is 3.85.